The van der Waals surface area contributed by atoms with E-state index in [1.54, 1.807) is 0 Å². The fourth-order valence-electron chi connectivity index (χ4n) is 9.18. The van der Waals surface area contributed by atoms with Gasteiger partial charge in [-0.25, -0.2) is 0 Å². The van der Waals surface area contributed by atoms with Gasteiger partial charge in [0.2, 0.25) is 0 Å². The lowest BCUT2D eigenvalue weighted by molar-refractivity contribution is 0.490. The number of nitrogens with zero attached hydrogens (tertiary/aromatic N) is 1. The molecule has 0 aliphatic carbocycles. The molecule has 0 saturated heterocycles. The summed E-state index contributed by atoms with van der Waals surface area (Å²) in [6.07, 6.45) is 0.928. The number of fused-ring (bicyclic) bond motifs is 2. The van der Waals surface area contributed by atoms with E-state index in [4.69, 9.17) is 4.74 Å². The Morgan fingerprint density at radius 3 is 1.45 bits per heavy atom. The zero-order valence-electron chi connectivity index (χ0n) is 34.2. The molecule has 0 saturated carbocycles. The fraction of sp³-hybridized carbons (Fsp3) is 0.0333. The van der Waals surface area contributed by atoms with E-state index in [-0.39, 0.29) is 5.92 Å². The predicted octanol–water partition coefficient (Wildman–Crippen LogP) is 16.5. The largest absolute Gasteiger partial charge is 0.453 e. The van der Waals surface area contributed by atoms with Crippen molar-refractivity contribution in [3.8, 4) is 56.0 Å². The molecule has 1 aliphatic heterocycles. The first-order valence-electron chi connectivity index (χ1n) is 21.4. The van der Waals surface area contributed by atoms with E-state index in [2.05, 4.69) is 248 Å². The van der Waals surface area contributed by atoms with Gasteiger partial charge in [0.15, 0.2) is 5.75 Å². The minimum atomic E-state index is 0.231. The Morgan fingerprint density at radius 1 is 0.339 bits per heavy atom. The van der Waals surface area contributed by atoms with Crippen LogP contribution in [0.1, 0.15) is 22.6 Å². The van der Waals surface area contributed by atoms with Crippen LogP contribution < -0.4 is 9.64 Å². The summed E-state index contributed by atoms with van der Waals surface area (Å²) in [4.78, 5) is 2.33. The Balaban J connectivity index is 1.02. The lowest BCUT2D eigenvalue weighted by atomic mass is 9.85. The van der Waals surface area contributed by atoms with Crippen LogP contribution in [0.5, 0.6) is 11.5 Å². The number of rotatable bonds is 10. The van der Waals surface area contributed by atoms with E-state index in [0.29, 0.717) is 0 Å². The lowest BCUT2D eigenvalue weighted by Crippen LogP contribution is -2.12. The van der Waals surface area contributed by atoms with E-state index < -0.39 is 0 Å². The van der Waals surface area contributed by atoms with Crippen LogP contribution >= 0.6 is 0 Å². The average molecular weight is 794 g/mol. The first-order chi connectivity index (χ1) is 30.7. The van der Waals surface area contributed by atoms with E-state index in [1.165, 1.54) is 44.5 Å². The third-order valence-electron chi connectivity index (χ3n) is 12.3. The molecule has 10 aromatic rings. The van der Waals surface area contributed by atoms with Crippen molar-refractivity contribution in [2.75, 3.05) is 4.90 Å². The van der Waals surface area contributed by atoms with Crippen molar-refractivity contribution in [1.82, 2.24) is 0 Å². The van der Waals surface area contributed by atoms with Crippen molar-refractivity contribution in [3.05, 3.63) is 259 Å². The van der Waals surface area contributed by atoms with E-state index in [0.717, 1.165) is 62.4 Å². The molecule has 1 aliphatic rings. The smallest absolute Gasteiger partial charge is 0.159 e. The summed E-state index contributed by atoms with van der Waals surface area (Å²) in [5.74, 6) is 1.95. The summed E-state index contributed by atoms with van der Waals surface area (Å²) in [7, 11) is 0. The topological polar surface area (TPSA) is 12.5 Å². The highest BCUT2D eigenvalue weighted by molar-refractivity contribution is 6.09. The van der Waals surface area contributed by atoms with Gasteiger partial charge < -0.3 is 9.64 Å². The number of anilines is 3. The van der Waals surface area contributed by atoms with Gasteiger partial charge in [-0.15, -0.1) is 0 Å². The molecule has 2 nitrogen and oxygen atoms in total. The molecule has 0 amide bonds. The second-order valence-corrected chi connectivity index (χ2v) is 16.0. The molecule has 10 aromatic carbocycles. The third-order valence-corrected chi connectivity index (χ3v) is 12.3. The number of benzene rings is 10. The molecule has 0 fully saturated rings. The van der Waals surface area contributed by atoms with Crippen molar-refractivity contribution >= 4 is 27.8 Å². The van der Waals surface area contributed by atoms with Gasteiger partial charge in [-0.1, -0.05) is 206 Å². The van der Waals surface area contributed by atoms with Crippen molar-refractivity contribution in [2.45, 2.75) is 12.3 Å². The first kappa shape index (κ1) is 37.1. The molecule has 0 N–H and O–H groups in total. The molecule has 0 spiro atoms. The first-order valence-corrected chi connectivity index (χ1v) is 21.4. The van der Waals surface area contributed by atoms with Crippen molar-refractivity contribution < 1.29 is 4.74 Å². The van der Waals surface area contributed by atoms with Crippen LogP contribution in [0, 0.1) is 0 Å². The Bertz CT molecular complexity index is 3040. The Morgan fingerprint density at radius 2 is 0.839 bits per heavy atom. The van der Waals surface area contributed by atoms with Crippen LogP contribution in [0.3, 0.4) is 0 Å². The molecule has 2 heteroatoms. The summed E-state index contributed by atoms with van der Waals surface area (Å²) in [5, 5.41) is 2.29. The van der Waals surface area contributed by atoms with Crippen LogP contribution in [-0.2, 0) is 6.42 Å². The second kappa shape index (κ2) is 16.3. The zero-order chi connectivity index (χ0) is 41.2. The van der Waals surface area contributed by atoms with Gasteiger partial charge in [0.05, 0.1) is 5.69 Å². The minimum absolute atomic E-state index is 0.231. The molecule has 294 valence electrons. The molecule has 0 unspecified atom stereocenters. The highest BCUT2D eigenvalue weighted by Crippen LogP contribution is 2.55. The highest BCUT2D eigenvalue weighted by Gasteiger charge is 2.28. The summed E-state index contributed by atoms with van der Waals surface area (Å²) in [6.45, 7) is 0. The van der Waals surface area contributed by atoms with Crippen molar-refractivity contribution in [2.24, 2.45) is 0 Å². The predicted molar refractivity (Wildman–Crippen MR) is 259 cm³/mol. The number of hydrogen-bond acceptors (Lipinski definition) is 2. The molecule has 0 bridgehead atoms. The molecule has 62 heavy (non-hydrogen) atoms. The summed E-state index contributed by atoms with van der Waals surface area (Å²) < 4.78 is 7.36. The maximum absolute atomic E-state index is 7.36. The summed E-state index contributed by atoms with van der Waals surface area (Å²) >= 11 is 0. The maximum atomic E-state index is 7.36. The number of hydrogen-bond donors (Lipinski definition) is 0. The van der Waals surface area contributed by atoms with Crippen LogP contribution in [0.4, 0.5) is 17.1 Å². The zero-order valence-corrected chi connectivity index (χ0v) is 34.2. The fourth-order valence-corrected chi connectivity index (χ4v) is 9.18. The standard InChI is InChI=1S/C60H43NO/c1-5-15-42(16-6-1)41-56(47-21-11-4-12-22-47)49-29-27-48(28-30-49)53-40-35-50-23-13-24-54-55-25-14-26-57(59(55)62-60(53)58(50)54)61(51-36-31-45(32-37-51)43-17-7-2-8-18-43)52-38-33-46(34-39-52)44-19-9-3-10-20-44/h1-40,56H,41H2/t56-/m1/s1. The van der Waals surface area contributed by atoms with Crippen LogP contribution in [-0.4, -0.2) is 0 Å². The Labute approximate surface area is 363 Å². The van der Waals surface area contributed by atoms with Gasteiger partial charge in [0.1, 0.15) is 5.75 Å². The minimum Gasteiger partial charge on any atom is -0.453 e. The molecular formula is C60H43NO. The van der Waals surface area contributed by atoms with E-state index in [9.17, 15) is 0 Å². The van der Waals surface area contributed by atoms with Crippen molar-refractivity contribution in [3.63, 3.8) is 0 Å². The van der Waals surface area contributed by atoms with Gasteiger partial charge in [-0.3, -0.25) is 0 Å². The van der Waals surface area contributed by atoms with Crippen molar-refractivity contribution in [1.29, 1.82) is 0 Å². The van der Waals surface area contributed by atoms with Gasteiger partial charge in [0.25, 0.3) is 0 Å². The molecule has 0 radical (unpaired) electrons. The monoisotopic (exact) mass is 793 g/mol. The van der Waals surface area contributed by atoms with E-state index in [1.807, 2.05) is 0 Å². The van der Waals surface area contributed by atoms with Crippen LogP contribution in [0.15, 0.2) is 243 Å². The molecular weight excluding hydrogens is 751 g/mol. The highest BCUT2D eigenvalue weighted by atomic mass is 16.5. The average Bonchev–Trinajstić information content (AvgIpc) is 3.35. The lowest BCUT2D eigenvalue weighted by Gasteiger charge is -2.31. The third kappa shape index (κ3) is 7.02. The molecule has 11 rings (SSSR count). The van der Waals surface area contributed by atoms with Crippen LogP contribution in [0.25, 0.3) is 55.3 Å². The molecule has 0 aromatic heterocycles. The summed E-state index contributed by atoms with van der Waals surface area (Å²) in [5.41, 5.74) is 16.2. The quantitative estimate of drug-likeness (QED) is 0.137. The van der Waals surface area contributed by atoms with Crippen LogP contribution in [0.2, 0.25) is 0 Å². The Hall–Kier alpha value is -7.94. The molecule has 1 atom stereocenters. The van der Waals surface area contributed by atoms with E-state index >= 15 is 0 Å². The Kier molecular flexibility index (Phi) is 9.72. The second-order valence-electron chi connectivity index (χ2n) is 16.0. The summed E-state index contributed by atoms with van der Waals surface area (Å²) in [6, 6.07) is 87.3. The van der Waals surface area contributed by atoms with Gasteiger partial charge in [-0.05, 0) is 98.3 Å². The normalized spacial score (nSPS) is 12.0. The SMILES string of the molecule is c1ccc(C[C@H](c2ccccc2)c2ccc(-c3ccc4cccc5c4c3Oc3c-5cccc3N(c3ccc(-c4ccccc4)cc3)c3ccc(-c4ccccc4)cc3)cc2)cc1. The molecule has 1 heterocycles. The number of ether oxygens (including phenoxy) is 1. The van der Waals surface area contributed by atoms with Gasteiger partial charge in [0, 0.05) is 33.8 Å². The van der Waals surface area contributed by atoms with Gasteiger partial charge in [-0.2, -0.15) is 0 Å². The number of para-hydroxylation sites is 1. The maximum Gasteiger partial charge on any atom is 0.159 e. The van der Waals surface area contributed by atoms with Gasteiger partial charge >= 0.3 is 0 Å².